The lowest BCUT2D eigenvalue weighted by Crippen LogP contribution is -2.39. The number of ketones is 1. The molecule has 1 saturated heterocycles. The number of nitrogens with zero attached hydrogens (tertiary/aromatic N) is 3. The zero-order valence-electron chi connectivity index (χ0n) is 18.7. The summed E-state index contributed by atoms with van der Waals surface area (Å²) in [5, 5.41) is 0.742. The molecule has 3 aromatic rings. The molecule has 0 bridgehead atoms. The van der Waals surface area contributed by atoms with Crippen LogP contribution in [0.5, 0.6) is 0 Å². The van der Waals surface area contributed by atoms with Crippen molar-refractivity contribution in [1.82, 2.24) is 13.8 Å². The van der Waals surface area contributed by atoms with Crippen LogP contribution < -0.4 is 5.56 Å². The molecule has 168 valence electrons. The van der Waals surface area contributed by atoms with Crippen LogP contribution in [0.15, 0.2) is 53.3 Å². The monoisotopic (exact) mass is 467 g/mol. The van der Waals surface area contributed by atoms with Gasteiger partial charge in [0.05, 0.1) is 10.9 Å². The first-order valence-corrected chi connectivity index (χ1v) is 12.9. The molecule has 0 spiro atoms. The van der Waals surface area contributed by atoms with Gasteiger partial charge >= 0.3 is 0 Å². The number of carbonyl (C=O) groups excluding carboxylic acids is 1. The van der Waals surface area contributed by atoms with E-state index in [4.69, 9.17) is 12.2 Å². The Bertz CT molecular complexity index is 1230. The molecule has 0 saturated carbocycles. The topological polar surface area (TPSA) is 47.2 Å². The van der Waals surface area contributed by atoms with E-state index in [0.29, 0.717) is 20.0 Å². The molecule has 0 N–H and O–H groups in total. The minimum atomic E-state index is -0.00000518. The molecule has 1 unspecified atom stereocenters. The second-order valence-electron chi connectivity index (χ2n) is 8.45. The van der Waals surface area contributed by atoms with Gasteiger partial charge in [0, 0.05) is 24.6 Å². The van der Waals surface area contributed by atoms with Gasteiger partial charge in [-0.25, -0.2) is 0 Å². The molecule has 1 fully saturated rings. The van der Waals surface area contributed by atoms with Gasteiger partial charge < -0.3 is 4.90 Å². The Labute approximate surface area is 195 Å². The summed E-state index contributed by atoms with van der Waals surface area (Å²) in [4.78, 5) is 28.3. The standard InChI is InChI=1S/C25H30N3O2PS/c1-3-31-28-22-10-9-18(2)17-21(22)24(30)27(25(28)32)16-15-26-13-11-20(12-14-26)23(29)19-7-5-4-6-8-19/h4-10,17,20,31H,3,11-16H2,1-2H3. The van der Waals surface area contributed by atoms with Crippen molar-refractivity contribution in [2.45, 2.75) is 33.2 Å². The fourth-order valence-corrected chi connectivity index (χ4v) is 5.88. The summed E-state index contributed by atoms with van der Waals surface area (Å²) in [6.07, 6.45) is 2.70. The van der Waals surface area contributed by atoms with Crippen molar-refractivity contribution in [3.8, 4) is 0 Å². The van der Waals surface area contributed by atoms with E-state index in [-0.39, 0.29) is 17.3 Å². The van der Waals surface area contributed by atoms with Crippen LogP contribution in [-0.2, 0) is 6.54 Å². The molecule has 4 rings (SSSR count). The molecule has 0 aliphatic carbocycles. The number of carbonyl (C=O) groups is 1. The number of hydrogen-bond acceptors (Lipinski definition) is 4. The lowest BCUT2D eigenvalue weighted by molar-refractivity contribution is 0.0837. The average molecular weight is 468 g/mol. The van der Waals surface area contributed by atoms with E-state index in [0.717, 1.165) is 60.7 Å². The second kappa shape index (κ2) is 10.2. The number of benzene rings is 2. The summed E-state index contributed by atoms with van der Waals surface area (Å²) < 4.78 is 4.50. The van der Waals surface area contributed by atoms with E-state index in [1.165, 1.54) is 0 Å². The van der Waals surface area contributed by atoms with Crippen molar-refractivity contribution in [2.24, 2.45) is 5.92 Å². The van der Waals surface area contributed by atoms with E-state index in [9.17, 15) is 9.59 Å². The number of aryl methyl sites for hydroxylation is 1. The lowest BCUT2D eigenvalue weighted by atomic mass is 9.89. The first-order chi connectivity index (χ1) is 15.5. The highest BCUT2D eigenvalue weighted by Crippen LogP contribution is 2.24. The molecule has 1 aliphatic heterocycles. The molecular formula is C25H30N3O2PS. The zero-order chi connectivity index (χ0) is 22.7. The molecule has 1 aliphatic rings. The summed E-state index contributed by atoms with van der Waals surface area (Å²) >= 11 is 5.75. The van der Waals surface area contributed by atoms with Crippen molar-refractivity contribution >= 4 is 37.6 Å². The molecule has 7 heteroatoms. The summed E-state index contributed by atoms with van der Waals surface area (Å²) in [5.41, 5.74) is 2.82. The van der Waals surface area contributed by atoms with Crippen LogP contribution in [0.2, 0.25) is 0 Å². The Morgan fingerprint density at radius 3 is 2.50 bits per heavy atom. The fourth-order valence-electron chi connectivity index (χ4n) is 4.48. The van der Waals surface area contributed by atoms with Gasteiger partial charge in [0.2, 0.25) is 0 Å². The molecule has 0 amide bonds. The first kappa shape index (κ1) is 23.0. The van der Waals surface area contributed by atoms with Crippen LogP contribution in [0, 0.1) is 17.6 Å². The number of likely N-dealkylation sites (tertiary alicyclic amines) is 1. The van der Waals surface area contributed by atoms with E-state index in [1.807, 2.05) is 55.5 Å². The van der Waals surface area contributed by atoms with Crippen molar-refractivity contribution in [2.75, 3.05) is 25.8 Å². The maximum absolute atomic E-state index is 13.3. The van der Waals surface area contributed by atoms with Crippen molar-refractivity contribution in [1.29, 1.82) is 0 Å². The van der Waals surface area contributed by atoms with Gasteiger partial charge in [-0.2, -0.15) is 0 Å². The number of fused-ring (bicyclic) bond motifs is 1. The quantitative estimate of drug-likeness (QED) is 0.282. The minimum Gasteiger partial charge on any atom is -0.302 e. The minimum absolute atomic E-state index is 0.00000518. The molecule has 2 heterocycles. The van der Waals surface area contributed by atoms with Gasteiger partial charge in [-0.3, -0.25) is 18.5 Å². The molecule has 5 nitrogen and oxygen atoms in total. The second-order valence-corrected chi connectivity index (χ2v) is 10.3. The van der Waals surface area contributed by atoms with Gasteiger partial charge in [0.15, 0.2) is 10.6 Å². The molecular weight excluding hydrogens is 437 g/mol. The number of Topliss-reactive ketones (excluding diaryl/α,β-unsaturated/α-hetero) is 1. The van der Waals surface area contributed by atoms with E-state index in [1.54, 1.807) is 4.57 Å². The van der Waals surface area contributed by atoms with Gasteiger partial charge in [0.25, 0.3) is 5.56 Å². The van der Waals surface area contributed by atoms with Crippen molar-refractivity contribution < 1.29 is 4.79 Å². The van der Waals surface area contributed by atoms with E-state index in [2.05, 4.69) is 16.2 Å². The number of rotatable bonds is 7. The van der Waals surface area contributed by atoms with Crippen LogP contribution >= 0.6 is 20.9 Å². The maximum atomic E-state index is 13.3. The number of hydrogen-bond donors (Lipinski definition) is 0. The first-order valence-electron chi connectivity index (χ1n) is 11.3. The summed E-state index contributed by atoms with van der Waals surface area (Å²) in [7, 11) is 0.522. The highest BCUT2D eigenvalue weighted by Gasteiger charge is 2.25. The molecule has 32 heavy (non-hydrogen) atoms. The van der Waals surface area contributed by atoms with Crippen LogP contribution in [0.3, 0.4) is 0 Å². The normalized spacial score (nSPS) is 15.7. The zero-order valence-corrected chi connectivity index (χ0v) is 20.5. The third-order valence-electron chi connectivity index (χ3n) is 6.26. The van der Waals surface area contributed by atoms with Crippen LogP contribution in [0.1, 0.15) is 35.7 Å². The van der Waals surface area contributed by atoms with Crippen LogP contribution in [0.25, 0.3) is 10.9 Å². The third kappa shape index (κ3) is 4.78. The Morgan fingerprint density at radius 2 is 1.81 bits per heavy atom. The smallest absolute Gasteiger partial charge is 0.262 e. The van der Waals surface area contributed by atoms with Crippen molar-refractivity contribution in [3.63, 3.8) is 0 Å². The molecule has 0 radical (unpaired) electrons. The van der Waals surface area contributed by atoms with Gasteiger partial charge in [-0.05, 0) is 72.1 Å². The predicted octanol–water partition coefficient (Wildman–Crippen LogP) is 4.90. The Morgan fingerprint density at radius 1 is 1.09 bits per heavy atom. The maximum Gasteiger partial charge on any atom is 0.262 e. The summed E-state index contributed by atoms with van der Waals surface area (Å²) in [6.45, 7) is 7.23. The Balaban J connectivity index is 1.48. The fraction of sp³-hybridized carbons (Fsp3) is 0.400. The van der Waals surface area contributed by atoms with Gasteiger partial charge in [0.1, 0.15) is 0 Å². The lowest BCUT2D eigenvalue weighted by Gasteiger charge is -2.31. The third-order valence-corrected chi connectivity index (χ3v) is 7.91. The summed E-state index contributed by atoms with van der Waals surface area (Å²) in [6, 6.07) is 15.6. The average Bonchev–Trinajstić information content (AvgIpc) is 2.82. The largest absolute Gasteiger partial charge is 0.302 e. The molecule has 2 aromatic carbocycles. The van der Waals surface area contributed by atoms with Gasteiger partial charge in [-0.15, -0.1) is 0 Å². The predicted molar refractivity (Wildman–Crippen MR) is 136 cm³/mol. The summed E-state index contributed by atoms with van der Waals surface area (Å²) in [5.74, 6) is 0.336. The van der Waals surface area contributed by atoms with E-state index < -0.39 is 0 Å². The van der Waals surface area contributed by atoms with Crippen molar-refractivity contribution in [3.05, 3.63) is 74.8 Å². The Hall–Kier alpha value is -2.14. The van der Waals surface area contributed by atoms with Crippen LogP contribution in [-0.4, -0.2) is 45.4 Å². The highest BCUT2D eigenvalue weighted by molar-refractivity contribution is 7.71. The SMILES string of the molecule is CCPn1c(=S)n(CCN2CCC(C(=O)c3ccccc3)CC2)c(=O)c2cc(C)ccc21. The number of aromatic nitrogens is 2. The van der Waals surface area contributed by atoms with Crippen LogP contribution in [0.4, 0.5) is 0 Å². The highest BCUT2D eigenvalue weighted by atomic mass is 32.1. The molecule has 1 atom stereocenters. The number of piperidine rings is 1. The van der Waals surface area contributed by atoms with E-state index >= 15 is 0 Å². The Kier molecular flexibility index (Phi) is 7.34. The molecule has 1 aromatic heterocycles. The van der Waals surface area contributed by atoms with Gasteiger partial charge in [-0.1, -0.05) is 48.9 Å².